The first-order valence-electron chi connectivity index (χ1n) is 10.8. The number of rotatable bonds is 3. The molecule has 2 aliphatic heterocycles. The molecule has 0 radical (unpaired) electrons. The van der Waals surface area contributed by atoms with E-state index in [1.165, 1.54) is 11.8 Å². The lowest BCUT2D eigenvalue weighted by Gasteiger charge is -2.40. The summed E-state index contributed by atoms with van der Waals surface area (Å²) in [6.07, 6.45) is -0.660. The maximum absolute atomic E-state index is 13.3. The third-order valence-corrected chi connectivity index (χ3v) is 7.80. The van der Waals surface area contributed by atoms with E-state index >= 15 is 0 Å². The SMILES string of the molecule is Cc1cc(C)cc(NC2=N[C@H]3[C@@H](O)[C@H](O)C[C@H](C(=O)N4CCC(C(N)=O)CC4)[C@H]3S2)c1. The Morgan fingerprint density at radius 3 is 2.42 bits per heavy atom. The number of hydrogen-bond acceptors (Lipinski definition) is 7. The molecule has 0 aromatic heterocycles. The van der Waals surface area contributed by atoms with Crippen LogP contribution in [0.2, 0.25) is 0 Å². The first-order chi connectivity index (χ1) is 14.7. The number of benzene rings is 1. The fourth-order valence-electron chi connectivity index (χ4n) is 4.88. The predicted octanol–water partition coefficient (Wildman–Crippen LogP) is 1.02. The van der Waals surface area contributed by atoms with Crippen LogP contribution in [0.25, 0.3) is 0 Å². The maximum atomic E-state index is 13.3. The van der Waals surface area contributed by atoms with E-state index in [2.05, 4.69) is 16.4 Å². The summed E-state index contributed by atoms with van der Waals surface area (Å²) in [7, 11) is 0. The van der Waals surface area contributed by atoms with Crippen molar-refractivity contribution in [2.75, 3.05) is 18.4 Å². The highest BCUT2D eigenvalue weighted by Crippen LogP contribution is 2.42. The number of carbonyl (C=O) groups excluding carboxylic acids is 2. The molecule has 0 unspecified atom stereocenters. The topological polar surface area (TPSA) is 128 Å². The second kappa shape index (κ2) is 8.80. The Morgan fingerprint density at radius 1 is 1.16 bits per heavy atom. The molecule has 168 valence electrons. The zero-order chi connectivity index (χ0) is 22.3. The Hall–Kier alpha value is -2.10. The van der Waals surface area contributed by atoms with Crippen molar-refractivity contribution in [2.24, 2.45) is 22.6 Å². The number of aliphatic hydroxyl groups is 2. The number of amides is 2. The fraction of sp³-hybridized carbons (Fsp3) is 0.591. The second-order valence-corrected chi connectivity index (χ2v) is 10.1. The average molecular weight is 447 g/mol. The van der Waals surface area contributed by atoms with Gasteiger partial charge in [-0.2, -0.15) is 0 Å². The standard InChI is InChI=1S/C22H30N4O4S/c1-11-7-12(2)9-14(8-11)24-22-25-17-18(28)16(27)10-15(19(17)31-22)21(30)26-5-3-13(4-6-26)20(23)29/h7-9,13,15-19,27-28H,3-6,10H2,1-2H3,(H2,23,29)(H,24,25)/t15-,16+,17-,18-,19+/m0/s1. The number of carbonyl (C=O) groups is 2. The fourth-order valence-corrected chi connectivity index (χ4v) is 6.25. The second-order valence-electron chi connectivity index (χ2n) is 8.91. The van der Waals surface area contributed by atoms with Gasteiger partial charge in [0.1, 0.15) is 6.10 Å². The van der Waals surface area contributed by atoms with Gasteiger partial charge in [-0.25, -0.2) is 0 Å². The Bertz CT molecular complexity index is 879. The van der Waals surface area contributed by atoms with Crippen LogP contribution in [0.5, 0.6) is 0 Å². The quantitative estimate of drug-likeness (QED) is 0.549. The number of amidine groups is 1. The number of aryl methyl sites for hydroxylation is 2. The number of nitrogens with two attached hydrogens (primary N) is 1. The van der Waals surface area contributed by atoms with Crippen LogP contribution in [-0.2, 0) is 9.59 Å². The number of fused-ring (bicyclic) bond motifs is 1. The van der Waals surface area contributed by atoms with E-state index in [0.717, 1.165) is 16.8 Å². The van der Waals surface area contributed by atoms with E-state index in [1.54, 1.807) is 4.90 Å². The van der Waals surface area contributed by atoms with Gasteiger partial charge in [-0.1, -0.05) is 17.8 Å². The van der Waals surface area contributed by atoms with Gasteiger partial charge >= 0.3 is 0 Å². The summed E-state index contributed by atoms with van der Waals surface area (Å²) in [5.74, 6) is -0.987. The van der Waals surface area contributed by atoms with Crippen molar-refractivity contribution < 1.29 is 19.8 Å². The molecule has 1 aliphatic carbocycles. The molecule has 2 amide bonds. The van der Waals surface area contributed by atoms with Gasteiger partial charge in [0.15, 0.2) is 5.17 Å². The smallest absolute Gasteiger partial charge is 0.227 e. The van der Waals surface area contributed by atoms with E-state index in [4.69, 9.17) is 5.73 Å². The van der Waals surface area contributed by atoms with Crippen LogP contribution in [0.4, 0.5) is 5.69 Å². The van der Waals surface area contributed by atoms with E-state index in [9.17, 15) is 19.8 Å². The van der Waals surface area contributed by atoms with E-state index in [-0.39, 0.29) is 29.4 Å². The number of hydrogen-bond donors (Lipinski definition) is 4. The summed E-state index contributed by atoms with van der Waals surface area (Å²) in [6.45, 7) is 5.02. The molecule has 2 fully saturated rings. The largest absolute Gasteiger partial charge is 0.390 e. The minimum Gasteiger partial charge on any atom is -0.390 e. The molecule has 1 saturated heterocycles. The summed E-state index contributed by atoms with van der Waals surface area (Å²) in [5.41, 5.74) is 8.58. The molecule has 0 bridgehead atoms. The van der Waals surface area contributed by atoms with Crippen LogP contribution >= 0.6 is 11.8 Å². The molecule has 3 aliphatic rings. The van der Waals surface area contributed by atoms with Gasteiger partial charge in [0, 0.05) is 29.9 Å². The number of aliphatic hydroxyl groups excluding tert-OH is 2. The van der Waals surface area contributed by atoms with Crippen LogP contribution in [0.15, 0.2) is 23.2 Å². The molecule has 5 N–H and O–H groups in total. The summed E-state index contributed by atoms with van der Waals surface area (Å²) in [6, 6.07) is 5.59. The minimum atomic E-state index is -0.999. The number of primary amides is 1. The highest BCUT2D eigenvalue weighted by molar-refractivity contribution is 8.15. The molecule has 4 rings (SSSR count). The van der Waals surface area contributed by atoms with Crippen molar-refractivity contribution in [3.8, 4) is 0 Å². The molecule has 1 saturated carbocycles. The van der Waals surface area contributed by atoms with Gasteiger partial charge in [-0.3, -0.25) is 14.6 Å². The van der Waals surface area contributed by atoms with Crippen molar-refractivity contribution in [2.45, 2.75) is 56.6 Å². The van der Waals surface area contributed by atoms with Crippen molar-refractivity contribution in [1.29, 1.82) is 0 Å². The Balaban J connectivity index is 1.48. The molecule has 31 heavy (non-hydrogen) atoms. The van der Waals surface area contributed by atoms with Crippen LogP contribution < -0.4 is 11.1 Å². The molecule has 8 nitrogen and oxygen atoms in total. The summed E-state index contributed by atoms with van der Waals surface area (Å²) < 4.78 is 0. The van der Waals surface area contributed by atoms with E-state index < -0.39 is 24.2 Å². The van der Waals surface area contributed by atoms with E-state index in [1.807, 2.05) is 26.0 Å². The van der Waals surface area contributed by atoms with E-state index in [0.29, 0.717) is 31.1 Å². The summed E-state index contributed by atoms with van der Waals surface area (Å²) in [4.78, 5) is 31.1. The lowest BCUT2D eigenvalue weighted by atomic mass is 9.80. The molecule has 5 atom stereocenters. The highest BCUT2D eigenvalue weighted by Gasteiger charge is 2.51. The van der Waals surface area contributed by atoms with Crippen LogP contribution in [0.3, 0.4) is 0 Å². The van der Waals surface area contributed by atoms with Gasteiger partial charge in [0.25, 0.3) is 0 Å². The van der Waals surface area contributed by atoms with Gasteiger partial charge in [0.2, 0.25) is 11.8 Å². The van der Waals surface area contributed by atoms with Crippen LogP contribution in [0.1, 0.15) is 30.4 Å². The van der Waals surface area contributed by atoms with Crippen molar-refractivity contribution >= 4 is 34.4 Å². The predicted molar refractivity (Wildman–Crippen MR) is 121 cm³/mol. The van der Waals surface area contributed by atoms with Crippen LogP contribution in [-0.4, -0.2) is 68.7 Å². The average Bonchev–Trinajstić information content (AvgIpc) is 3.13. The molecule has 9 heteroatoms. The van der Waals surface area contributed by atoms with Gasteiger partial charge in [-0.05, 0) is 56.4 Å². The number of anilines is 1. The Kier molecular flexibility index (Phi) is 6.27. The number of piperidine rings is 1. The van der Waals surface area contributed by atoms with Crippen molar-refractivity contribution in [3.05, 3.63) is 29.3 Å². The number of likely N-dealkylation sites (tertiary alicyclic amines) is 1. The summed E-state index contributed by atoms with van der Waals surface area (Å²) in [5, 5.41) is 24.7. The number of aliphatic imine (C=N–C) groups is 1. The zero-order valence-electron chi connectivity index (χ0n) is 17.8. The van der Waals surface area contributed by atoms with Gasteiger partial charge < -0.3 is 26.2 Å². The molecule has 1 aromatic rings. The first kappa shape index (κ1) is 22.1. The lowest BCUT2D eigenvalue weighted by Crippen LogP contribution is -2.55. The van der Waals surface area contributed by atoms with Crippen molar-refractivity contribution in [1.82, 2.24) is 4.90 Å². The molecule has 2 heterocycles. The monoisotopic (exact) mass is 446 g/mol. The number of nitrogens with zero attached hydrogens (tertiary/aromatic N) is 2. The number of nitrogens with one attached hydrogen (secondary N) is 1. The highest BCUT2D eigenvalue weighted by atomic mass is 32.2. The third-order valence-electron chi connectivity index (χ3n) is 6.49. The number of thioether (sulfide) groups is 1. The van der Waals surface area contributed by atoms with Gasteiger partial charge in [-0.15, -0.1) is 0 Å². The van der Waals surface area contributed by atoms with Gasteiger partial charge in [0.05, 0.1) is 18.1 Å². The molecular weight excluding hydrogens is 416 g/mol. The van der Waals surface area contributed by atoms with Crippen molar-refractivity contribution in [3.63, 3.8) is 0 Å². The molecule has 1 aromatic carbocycles. The Labute approximate surface area is 186 Å². The Morgan fingerprint density at radius 2 is 1.81 bits per heavy atom. The van der Waals surface area contributed by atoms with Crippen LogP contribution in [0, 0.1) is 25.7 Å². The zero-order valence-corrected chi connectivity index (χ0v) is 18.6. The third kappa shape index (κ3) is 4.58. The lowest BCUT2D eigenvalue weighted by molar-refractivity contribution is -0.142. The first-order valence-corrected chi connectivity index (χ1v) is 11.6. The maximum Gasteiger partial charge on any atom is 0.227 e. The molecule has 0 spiro atoms. The molecular formula is C22H30N4O4S. The minimum absolute atomic E-state index is 0.0424. The normalized spacial score (nSPS) is 31.2. The summed E-state index contributed by atoms with van der Waals surface area (Å²) >= 11 is 1.46.